The summed E-state index contributed by atoms with van der Waals surface area (Å²) in [5.41, 5.74) is 0.512. The van der Waals surface area contributed by atoms with Gasteiger partial charge in [0.15, 0.2) is 0 Å². The number of nitrogens with one attached hydrogen (secondary N) is 1. The fraction of sp³-hybridized carbons (Fsp3) is 0.625. The highest BCUT2D eigenvalue weighted by Gasteiger charge is 2.47. The second-order valence-electron chi connectivity index (χ2n) is 6.40. The Hall–Kier alpha value is -1.62. The number of hydrogen-bond acceptors (Lipinski definition) is 3. The summed E-state index contributed by atoms with van der Waals surface area (Å²) >= 11 is 0. The van der Waals surface area contributed by atoms with Crippen molar-refractivity contribution in [2.75, 3.05) is 6.61 Å². The van der Waals surface area contributed by atoms with E-state index < -0.39 is 0 Å². The van der Waals surface area contributed by atoms with Crippen molar-refractivity contribution in [2.45, 2.75) is 38.8 Å². The normalized spacial score (nSPS) is 30.6. The average Bonchev–Trinajstić information content (AvgIpc) is 3.05. The number of aliphatic hydroxyl groups excluding tert-OH is 1. The molecular formula is C16H22N2O3. The van der Waals surface area contributed by atoms with Crippen LogP contribution >= 0.6 is 0 Å². The summed E-state index contributed by atoms with van der Waals surface area (Å²) in [6, 6.07) is 3.59. The number of pyridine rings is 1. The molecule has 0 spiro atoms. The Bertz CT molecular complexity index is 595. The van der Waals surface area contributed by atoms with Crippen molar-refractivity contribution in [3.05, 3.63) is 34.2 Å². The minimum absolute atomic E-state index is 0.0482. The van der Waals surface area contributed by atoms with Crippen molar-refractivity contribution < 1.29 is 9.90 Å². The molecule has 3 rings (SSSR count). The van der Waals surface area contributed by atoms with Gasteiger partial charge in [-0.2, -0.15) is 0 Å². The van der Waals surface area contributed by atoms with Crippen LogP contribution in [0.3, 0.4) is 0 Å². The topological polar surface area (TPSA) is 71.3 Å². The van der Waals surface area contributed by atoms with E-state index in [2.05, 4.69) is 5.32 Å². The van der Waals surface area contributed by atoms with Crippen molar-refractivity contribution in [1.29, 1.82) is 0 Å². The Morgan fingerprint density at radius 2 is 2.19 bits per heavy atom. The third kappa shape index (κ3) is 2.62. The van der Waals surface area contributed by atoms with E-state index in [1.54, 1.807) is 25.3 Å². The first-order valence-electron chi connectivity index (χ1n) is 7.66. The van der Waals surface area contributed by atoms with Gasteiger partial charge in [0.2, 0.25) is 5.91 Å². The number of rotatable bonds is 4. The predicted molar refractivity (Wildman–Crippen MR) is 78.8 cm³/mol. The highest BCUT2D eigenvalue weighted by molar-refractivity contribution is 5.76. The summed E-state index contributed by atoms with van der Waals surface area (Å²) in [4.78, 5) is 24.1. The lowest BCUT2D eigenvalue weighted by Gasteiger charge is -2.30. The summed E-state index contributed by atoms with van der Waals surface area (Å²) in [6.07, 6.45) is 5.05. The van der Waals surface area contributed by atoms with Crippen LogP contribution in [0.15, 0.2) is 23.1 Å². The summed E-state index contributed by atoms with van der Waals surface area (Å²) < 4.78 is 1.44. The highest BCUT2D eigenvalue weighted by Crippen LogP contribution is 2.48. The van der Waals surface area contributed by atoms with E-state index in [9.17, 15) is 14.7 Å². The van der Waals surface area contributed by atoms with Crippen LogP contribution in [0.2, 0.25) is 0 Å². The van der Waals surface area contributed by atoms with E-state index >= 15 is 0 Å². The van der Waals surface area contributed by atoms with Crippen molar-refractivity contribution in [1.82, 2.24) is 9.88 Å². The second kappa shape index (κ2) is 5.64. The second-order valence-corrected chi connectivity index (χ2v) is 6.40. The van der Waals surface area contributed by atoms with Crippen LogP contribution in [-0.4, -0.2) is 28.2 Å². The smallest absolute Gasteiger partial charge is 0.253 e. The Morgan fingerprint density at radius 1 is 1.43 bits per heavy atom. The maximum absolute atomic E-state index is 12.2. The lowest BCUT2D eigenvalue weighted by molar-refractivity contribution is -0.123. The number of amides is 1. The third-order valence-electron chi connectivity index (χ3n) is 5.15. The van der Waals surface area contributed by atoms with Gasteiger partial charge in [0.25, 0.3) is 5.56 Å². The number of aryl methyl sites for hydroxylation is 1. The minimum Gasteiger partial charge on any atom is -0.396 e. The molecular weight excluding hydrogens is 268 g/mol. The van der Waals surface area contributed by atoms with Gasteiger partial charge in [-0.05, 0) is 44.1 Å². The minimum atomic E-state index is -0.140. The molecule has 1 aromatic heterocycles. The van der Waals surface area contributed by atoms with Gasteiger partial charge in [-0.15, -0.1) is 0 Å². The molecule has 114 valence electrons. The molecule has 2 N–H and O–H groups in total. The number of hydrogen-bond donors (Lipinski definition) is 2. The standard InChI is InChI=1S/C16H22N2O3/c1-10-3-2-6-18(16(10)21)8-14(20)17-15-12-5-4-11(7-12)13(15)9-19/h2-3,6,11-13,15,19H,4-5,7-9H2,1H3,(H,17,20). The Kier molecular flexibility index (Phi) is 3.85. The molecule has 5 heteroatoms. The van der Waals surface area contributed by atoms with Gasteiger partial charge >= 0.3 is 0 Å². The first kappa shape index (κ1) is 14.3. The molecule has 4 unspecified atom stereocenters. The summed E-state index contributed by atoms with van der Waals surface area (Å²) in [7, 11) is 0. The zero-order valence-electron chi connectivity index (χ0n) is 12.3. The van der Waals surface area contributed by atoms with Gasteiger partial charge in [0.1, 0.15) is 6.54 Å². The molecule has 1 heterocycles. The van der Waals surface area contributed by atoms with Crippen LogP contribution in [0, 0.1) is 24.7 Å². The number of nitrogens with zero attached hydrogens (tertiary/aromatic N) is 1. The fourth-order valence-corrected chi connectivity index (χ4v) is 4.07. The van der Waals surface area contributed by atoms with Gasteiger partial charge in [-0.25, -0.2) is 0 Å². The third-order valence-corrected chi connectivity index (χ3v) is 5.15. The quantitative estimate of drug-likeness (QED) is 0.856. The van der Waals surface area contributed by atoms with E-state index in [4.69, 9.17) is 0 Å². The maximum Gasteiger partial charge on any atom is 0.253 e. The van der Waals surface area contributed by atoms with Crippen LogP contribution in [0.25, 0.3) is 0 Å². The summed E-state index contributed by atoms with van der Waals surface area (Å²) in [5.74, 6) is 1.08. The van der Waals surface area contributed by atoms with Crippen molar-refractivity contribution in [2.24, 2.45) is 17.8 Å². The highest BCUT2D eigenvalue weighted by atomic mass is 16.3. The monoisotopic (exact) mass is 290 g/mol. The molecule has 0 radical (unpaired) electrons. The first-order valence-corrected chi connectivity index (χ1v) is 7.66. The van der Waals surface area contributed by atoms with E-state index in [-0.39, 0.29) is 36.6 Å². The van der Waals surface area contributed by atoms with E-state index in [0.29, 0.717) is 17.4 Å². The number of carbonyl (C=O) groups is 1. The lowest BCUT2D eigenvalue weighted by Crippen LogP contribution is -2.47. The SMILES string of the molecule is Cc1cccn(CC(=O)NC2C3CCC(C3)C2CO)c1=O. The average molecular weight is 290 g/mol. The molecule has 2 bridgehead atoms. The number of aromatic nitrogens is 1. The van der Waals surface area contributed by atoms with Crippen molar-refractivity contribution >= 4 is 5.91 Å². The first-order chi connectivity index (χ1) is 10.1. The molecule has 2 saturated carbocycles. The maximum atomic E-state index is 12.2. The number of aliphatic hydroxyl groups is 1. The molecule has 1 aromatic rings. The van der Waals surface area contributed by atoms with Crippen molar-refractivity contribution in [3.8, 4) is 0 Å². The number of fused-ring (bicyclic) bond motifs is 2. The van der Waals surface area contributed by atoms with E-state index in [1.165, 1.54) is 11.0 Å². The van der Waals surface area contributed by atoms with Crippen molar-refractivity contribution in [3.63, 3.8) is 0 Å². The zero-order chi connectivity index (χ0) is 15.0. The molecule has 4 atom stereocenters. The van der Waals surface area contributed by atoms with Crippen LogP contribution in [0.5, 0.6) is 0 Å². The molecule has 21 heavy (non-hydrogen) atoms. The van der Waals surface area contributed by atoms with E-state index in [1.807, 2.05) is 0 Å². The van der Waals surface area contributed by atoms with Crippen LogP contribution < -0.4 is 10.9 Å². The summed E-state index contributed by atoms with van der Waals surface area (Å²) in [5, 5.41) is 12.6. The number of carbonyl (C=O) groups excluding carboxylic acids is 1. The Balaban J connectivity index is 1.67. The molecule has 0 saturated heterocycles. The molecule has 0 aliphatic heterocycles. The largest absolute Gasteiger partial charge is 0.396 e. The molecule has 1 amide bonds. The van der Waals surface area contributed by atoms with E-state index in [0.717, 1.165) is 12.8 Å². The molecule has 2 aliphatic rings. The van der Waals surface area contributed by atoms with Gasteiger partial charge in [0, 0.05) is 30.3 Å². The van der Waals surface area contributed by atoms with Gasteiger partial charge in [0.05, 0.1) is 0 Å². The van der Waals surface area contributed by atoms with Crippen LogP contribution in [0.1, 0.15) is 24.8 Å². The van der Waals surface area contributed by atoms with Crippen LogP contribution in [-0.2, 0) is 11.3 Å². The molecule has 2 aliphatic carbocycles. The molecule has 2 fully saturated rings. The van der Waals surface area contributed by atoms with Gasteiger partial charge < -0.3 is 15.0 Å². The van der Waals surface area contributed by atoms with Gasteiger partial charge in [-0.1, -0.05) is 6.07 Å². The zero-order valence-corrected chi connectivity index (χ0v) is 12.3. The molecule has 0 aromatic carbocycles. The van der Waals surface area contributed by atoms with Crippen LogP contribution in [0.4, 0.5) is 0 Å². The summed E-state index contributed by atoms with van der Waals surface area (Å²) in [6.45, 7) is 1.93. The predicted octanol–water partition coefficient (Wildman–Crippen LogP) is 0.680. The fourth-order valence-electron chi connectivity index (χ4n) is 4.07. The Labute approximate surface area is 124 Å². The Morgan fingerprint density at radius 3 is 2.95 bits per heavy atom. The lowest BCUT2D eigenvalue weighted by atomic mass is 9.85. The molecule has 5 nitrogen and oxygen atoms in total. The van der Waals surface area contributed by atoms with Gasteiger partial charge in [-0.3, -0.25) is 9.59 Å².